The number of nitrogens with zero attached hydrogens (tertiary/aromatic N) is 2. The third-order valence-electron chi connectivity index (χ3n) is 5.27. The number of hydrogen-bond acceptors (Lipinski definition) is 3. The molecule has 1 fully saturated rings. The average Bonchev–Trinajstić information content (AvgIpc) is 3.25. The van der Waals surface area contributed by atoms with Gasteiger partial charge in [-0.3, -0.25) is 4.79 Å². The van der Waals surface area contributed by atoms with E-state index < -0.39 is 0 Å². The van der Waals surface area contributed by atoms with Crippen LogP contribution in [0.25, 0.3) is 0 Å². The zero-order valence-corrected chi connectivity index (χ0v) is 21.5. The largest absolute Gasteiger partial charge is 0.489 e. The SMILES string of the molecule is CCNC(=NCc1ccc(COc2ccccc2)cc1)NC1CCN(C(=O)C(C)C)C1.I. The van der Waals surface area contributed by atoms with Crippen molar-refractivity contribution in [2.45, 2.75) is 46.4 Å². The molecule has 0 spiro atoms. The molecule has 1 atom stereocenters. The van der Waals surface area contributed by atoms with Crippen LogP contribution in [0.2, 0.25) is 0 Å². The molecule has 0 aromatic heterocycles. The van der Waals surface area contributed by atoms with Crippen LogP contribution < -0.4 is 15.4 Å². The van der Waals surface area contributed by atoms with Crippen molar-refractivity contribution >= 4 is 35.8 Å². The van der Waals surface area contributed by atoms with Crippen molar-refractivity contribution in [1.29, 1.82) is 0 Å². The van der Waals surface area contributed by atoms with E-state index in [0.717, 1.165) is 48.9 Å². The Bertz CT molecular complexity index is 856. The smallest absolute Gasteiger partial charge is 0.225 e. The molecular formula is C25H35IN4O2. The van der Waals surface area contributed by atoms with E-state index in [2.05, 4.69) is 41.8 Å². The summed E-state index contributed by atoms with van der Waals surface area (Å²) in [7, 11) is 0. The highest BCUT2D eigenvalue weighted by atomic mass is 127. The van der Waals surface area contributed by atoms with E-state index in [9.17, 15) is 4.79 Å². The summed E-state index contributed by atoms with van der Waals surface area (Å²) >= 11 is 0. The molecule has 0 radical (unpaired) electrons. The molecular weight excluding hydrogens is 515 g/mol. The van der Waals surface area contributed by atoms with Crippen molar-refractivity contribution in [2.24, 2.45) is 10.9 Å². The van der Waals surface area contributed by atoms with E-state index in [1.165, 1.54) is 0 Å². The van der Waals surface area contributed by atoms with Gasteiger partial charge in [0, 0.05) is 31.6 Å². The third-order valence-corrected chi connectivity index (χ3v) is 5.27. The van der Waals surface area contributed by atoms with Gasteiger partial charge in [0.15, 0.2) is 5.96 Å². The molecule has 6 nitrogen and oxygen atoms in total. The van der Waals surface area contributed by atoms with Crippen LogP contribution in [0.4, 0.5) is 0 Å². The fraction of sp³-hybridized carbons (Fsp3) is 0.440. The average molecular weight is 550 g/mol. The predicted molar refractivity (Wildman–Crippen MR) is 140 cm³/mol. The molecule has 1 aliphatic rings. The summed E-state index contributed by atoms with van der Waals surface area (Å²) in [6, 6.07) is 18.4. The molecule has 32 heavy (non-hydrogen) atoms. The van der Waals surface area contributed by atoms with Crippen LogP contribution in [0.5, 0.6) is 5.75 Å². The van der Waals surface area contributed by atoms with Crippen molar-refractivity contribution in [1.82, 2.24) is 15.5 Å². The number of carbonyl (C=O) groups is 1. The van der Waals surface area contributed by atoms with Gasteiger partial charge >= 0.3 is 0 Å². The number of likely N-dealkylation sites (tertiary alicyclic amines) is 1. The van der Waals surface area contributed by atoms with Crippen molar-refractivity contribution in [3.63, 3.8) is 0 Å². The van der Waals surface area contributed by atoms with E-state index in [-0.39, 0.29) is 41.8 Å². The predicted octanol–water partition coefficient (Wildman–Crippen LogP) is 4.20. The maximum absolute atomic E-state index is 12.2. The maximum Gasteiger partial charge on any atom is 0.225 e. The molecule has 7 heteroatoms. The van der Waals surface area contributed by atoms with Crippen molar-refractivity contribution in [3.8, 4) is 5.75 Å². The lowest BCUT2D eigenvalue weighted by Gasteiger charge is -2.20. The quantitative estimate of drug-likeness (QED) is 0.294. The molecule has 1 saturated heterocycles. The molecule has 0 aliphatic carbocycles. The molecule has 0 bridgehead atoms. The summed E-state index contributed by atoms with van der Waals surface area (Å²) in [5.74, 6) is 1.94. The zero-order chi connectivity index (χ0) is 22.1. The number of nitrogens with one attached hydrogen (secondary N) is 2. The van der Waals surface area contributed by atoms with Gasteiger partial charge in [-0.25, -0.2) is 4.99 Å². The van der Waals surface area contributed by atoms with Crippen LogP contribution in [0.1, 0.15) is 38.3 Å². The summed E-state index contributed by atoms with van der Waals surface area (Å²) in [6.45, 7) is 9.44. The number of aliphatic imine (C=N–C) groups is 1. The lowest BCUT2D eigenvalue weighted by Crippen LogP contribution is -2.45. The molecule has 3 rings (SSSR count). The van der Waals surface area contributed by atoms with E-state index >= 15 is 0 Å². The Labute approximate surface area is 208 Å². The minimum absolute atomic E-state index is 0. The van der Waals surface area contributed by atoms with Crippen LogP contribution in [-0.2, 0) is 17.9 Å². The van der Waals surface area contributed by atoms with Gasteiger partial charge in [0.1, 0.15) is 12.4 Å². The fourth-order valence-electron chi connectivity index (χ4n) is 3.55. The molecule has 2 aromatic carbocycles. The zero-order valence-electron chi connectivity index (χ0n) is 19.2. The molecule has 2 N–H and O–H groups in total. The van der Waals surface area contributed by atoms with Gasteiger partial charge in [-0.2, -0.15) is 0 Å². The number of benzene rings is 2. The summed E-state index contributed by atoms with van der Waals surface area (Å²) in [4.78, 5) is 18.9. The molecule has 1 aliphatic heterocycles. The van der Waals surface area contributed by atoms with E-state index in [0.29, 0.717) is 13.2 Å². The number of ether oxygens (including phenoxy) is 1. The molecule has 1 heterocycles. The molecule has 174 valence electrons. The first-order valence-electron chi connectivity index (χ1n) is 11.1. The standard InChI is InChI=1S/C25H34N4O2.HI/c1-4-26-25(28-22-14-15-29(17-22)24(30)19(2)3)27-16-20-10-12-21(13-11-20)18-31-23-8-6-5-7-9-23;/h5-13,19,22H,4,14-18H2,1-3H3,(H2,26,27,28);1H. The highest BCUT2D eigenvalue weighted by Crippen LogP contribution is 2.14. The Hall–Kier alpha value is -2.29. The summed E-state index contributed by atoms with van der Waals surface area (Å²) in [5.41, 5.74) is 2.27. The second-order valence-electron chi connectivity index (χ2n) is 8.18. The molecule has 0 saturated carbocycles. The molecule has 1 amide bonds. The Morgan fingerprint density at radius 3 is 2.47 bits per heavy atom. The lowest BCUT2D eigenvalue weighted by atomic mass is 10.1. The normalized spacial score (nSPS) is 15.9. The maximum atomic E-state index is 12.2. The van der Waals surface area contributed by atoms with Crippen LogP contribution in [-0.4, -0.2) is 42.4 Å². The Kier molecular flexibility index (Phi) is 10.8. The first kappa shape index (κ1) is 26.0. The number of guanidine groups is 1. The lowest BCUT2D eigenvalue weighted by molar-refractivity contribution is -0.133. The Morgan fingerprint density at radius 1 is 1.12 bits per heavy atom. The van der Waals surface area contributed by atoms with Gasteiger partial charge in [0.2, 0.25) is 5.91 Å². The van der Waals surface area contributed by atoms with Crippen LogP contribution in [0.15, 0.2) is 59.6 Å². The number of amides is 1. The summed E-state index contributed by atoms with van der Waals surface area (Å²) < 4.78 is 5.80. The van der Waals surface area contributed by atoms with Gasteiger partial charge in [-0.05, 0) is 36.6 Å². The summed E-state index contributed by atoms with van der Waals surface area (Å²) in [5, 5.41) is 6.80. The third kappa shape index (κ3) is 8.00. The Balaban J connectivity index is 0.00000363. The number of hydrogen-bond donors (Lipinski definition) is 2. The monoisotopic (exact) mass is 550 g/mol. The second-order valence-corrected chi connectivity index (χ2v) is 8.18. The van der Waals surface area contributed by atoms with E-state index in [1.807, 2.05) is 49.1 Å². The second kappa shape index (κ2) is 13.3. The van der Waals surface area contributed by atoms with E-state index in [1.54, 1.807) is 0 Å². The van der Waals surface area contributed by atoms with Crippen molar-refractivity contribution < 1.29 is 9.53 Å². The van der Waals surface area contributed by atoms with Crippen molar-refractivity contribution in [2.75, 3.05) is 19.6 Å². The van der Waals surface area contributed by atoms with Gasteiger partial charge < -0.3 is 20.3 Å². The van der Waals surface area contributed by atoms with Gasteiger partial charge in [-0.15, -0.1) is 24.0 Å². The molecule has 1 unspecified atom stereocenters. The molecule has 2 aromatic rings. The number of rotatable bonds is 8. The van der Waals surface area contributed by atoms with Gasteiger partial charge in [0.05, 0.1) is 6.54 Å². The Morgan fingerprint density at radius 2 is 1.81 bits per heavy atom. The highest BCUT2D eigenvalue weighted by molar-refractivity contribution is 14.0. The number of halogens is 1. The van der Waals surface area contributed by atoms with Crippen LogP contribution in [0.3, 0.4) is 0 Å². The number of carbonyl (C=O) groups excluding carboxylic acids is 1. The topological polar surface area (TPSA) is 66.0 Å². The first-order valence-corrected chi connectivity index (χ1v) is 11.1. The minimum atomic E-state index is 0. The summed E-state index contributed by atoms with van der Waals surface area (Å²) in [6.07, 6.45) is 0.943. The van der Waals surface area contributed by atoms with E-state index in [4.69, 9.17) is 9.73 Å². The number of para-hydroxylation sites is 1. The van der Waals surface area contributed by atoms with Crippen LogP contribution in [0, 0.1) is 5.92 Å². The van der Waals surface area contributed by atoms with Crippen LogP contribution >= 0.6 is 24.0 Å². The van der Waals surface area contributed by atoms with Gasteiger partial charge in [-0.1, -0.05) is 56.3 Å². The van der Waals surface area contributed by atoms with Gasteiger partial charge in [0.25, 0.3) is 0 Å². The highest BCUT2D eigenvalue weighted by Gasteiger charge is 2.27. The van der Waals surface area contributed by atoms with Crippen molar-refractivity contribution in [3.05, 3.63) is 65.7 Å². The first-order chi connectivity index (χ1) is 15.0. The fourth-order valence-corrected chi connectivity index (χ4v) is 3.55. The minimum Gasteiger partial charge on any atom is -0.489 e.